The van der Waals surface area contributed by atoms with E-state index in [1.807, 2.05) is 18.2 Å². The first kappa shape index (κ1) is 37.1. The monoisotopic (exact) mass is 839 g/mol. The number of carbonyl (C=O) groups is 1. The molecule has 0 unspecified atom stereocenters. The van der Waals surface area contributed by atoms with Crippen molar-refractivity contribution in [1.29, 1.82) is 0 Å². The van der Waals surface area contributed by atoms with Crippen molar-refractivity contribution in [2.24, 2.45) is 0 Å². The third-order valence-electron chi connectivity index (χ3n) is 15.4. The number of aldehydes is 1. The number of anilines is 2. The van der Waals surface area contributed by atoms with Crippen LogP contribution in [-0.2, 0) is 10.8 Å². The van der Waals surface area contributed by atoms with Crippen molar-refractivity contribution in [3.05, 3.63) is 275 Å². The van der Waals surface area contributed by atoms with Crippen molar-refractivity contribution in [1.82, 2.24) is 0 Å². The van der Waals surface area contributed by atoms with Crippen LogP contribution in [0.2, 0.25) is 0 Å². The van der Waals surface area contributed by atoms with Crippen molar-refractivity contribution >= 4 is 17.7 Å². The fraction of sp³-hybridized carbons (Fsp3) is 0.0469. The maximum absolute atomic E-state index is 12.9. The molecule has 2 nitrogen and oxygen atoms in total. The van der Waals surface area contributed by atoms with Crippen LogP contribution in [0.3, 0.4) is 0 Å². The minimum Gasteiger partial charge on any atom is -0.344 e. The maximum Gasteiger partial charge on any atom is 0.150 e. The first-order valence-corrected chi connectivity index (χ1v) is 22.9. The molecule has 0 saturated heterocycles. The number of benzene rings is 10. The third kappa shape index (κ3) is 4.63. The summed E-state index contributed by atoms with van der Waals surface area (Å²) < 4.78 is 0. The van der Waals surface area contributed by atoms with Crippen LogP contribution in [0, 0.1) is 0 Å². The number of hydrogen-bond acceptors (Lipinski definition) is 2. The minimum atomic E-state index is -0.447. The topological polar surface area (TPSA) is 20.3 Å². The molecule has 0 saturated carbocycles. The van der Waals surface area contributed by atoms with E-state index in [0.717, 1.165) is 39.9 Å². The molecule has 0 bridgehead atoms. The molecule has 2 heteroatoms. The van der Waals surface area contributed by atoms with E-state index < -0.39 is 10.8 Å². The molecule has 10 aromatic carbocycles. The lowest BCUT2D eigenvalue weighted by Gasteiger charge is -2.32. The number of hydrogen-bond donors (Lipinski definition) is 0. The third-order valence-corrected chi connectivity index (χ3v) is 15.4. The van der Waals surface area contributed by atoms with E-state index >= 15 is 0 Å². The van der Waals surface area contributed by atoms with E-state index in [2.05, 4.69) is 218 Å². The van der Waals surface area contributed by atoms with Crippen LogP contribution in [0.4, 0.5) is 11.4 Å². The highest BCUT2D eigenvalue weighted by Crippen LogP contribution is 2.65. The average molecular weight is 840 g/mol. The Bertz CT molecular complexity index is 3600. The Hall–Kier alpha value is -8.33. The summed E-state index contributed by atoms with van der Waals surface area (Å²) in [4.78, 5) is 15.2. The molecule has 0 N–H and O–H groups in total. The number of rotatable bonds is 5. The van der Waals surface area contributed by atoms with Gasteiger partial charge < -0.3 is 4.90 Å². The lowest BCUT2D eigenvalue weighted by Crippen LogP contribution is -2.26. The largest absolute Gasteiger partial charge is 0.344 e. The first-order valence-electron chi connectivity index (χ1n) is 22.9. The molecule has 14 rings (SSSR count). The highest BCUT2D eigenvalue weighted by atomic mass is 16.1. The molecular formula is C64H41NO. The summed E-state index contributed by atoms with van der Waals surface area (Å²) in [5.41, 5.74) is 26.9. The van der Waals surface area contributed by atoms with Crippen molar-refractivity contribution in [3.8, 4) is 66.8 Å². The van der Waals surface area contributed by atoms with Gasteiger partial charge in [-0.3, -0.25) is 4.79 Å². The number of nitrogens with zero attached hydrogens (tertiary/aromatic N) is 1. The molecule has 10 aromatic rings. The zero-order chi connectivity index (χ0) is 43.7. The Kier molecular flexibility index (Phi) is 7.64. The molecular weight excluding hydrogens is 799 g/mol. The zero-order valence-corrected chi connectivity index (χ0v) is 36.3. The lowest BCUT2D eigenvalue weighted by atomic mass is 9.70. The Morgan fingerprint density at radius 1 is 0.318 bits per heavy atom. The van der Waals surface area contributed by atoms with Crippen molar-refractivity contribution in [2.45, 2.75) is 10.8 Å². The molecule has 0 atom stereocenters. The van der Waals surface area contributed by atoms with Crippen LogP contribution in [-0.4, -0.2) is 13.3 Å². The van der Waals surface area contributed by atoms with E-state index in [1.54, 1.807) is 0 Å². The quantitative estimate of drug-likeness (QED) is 0.161. The van der Waals surface area contributed by atoms with Gasteiger partial charge in [0.05, 0.1) is 10.8 Å². The second kappa shape index (κ2) is 13.6. The van der Waals surface area contributed by atoms with Gasteiger partial charge in [0, 0.05) is 29.5 Å². The molecule has 4 aliphatic rings. The van der Waals surface area contributed by atoms with Crippen LogP contribution in [0.1, 0.15) is 54.9 Å². The van der Waals surface area contributed by atoms with Crippen molar-refractivity contribution in [3.63, 3.8) is 0 Å². The summed E-state index contributed by atoms with van der Waals surface area (Å²) in [5.74, 6) is 0. The standard InChI is InChI=1S/C64H41NO/c1-65(43-32-34-52-50-23-9-15-29-59(50)64(61(52)38-43)56-26-12-6-20-47(56)48-21-7-13-27-57(48)64)62-35-31-40(36-53(62)44-17-3-2-16-42(44)39-66)41-30-33-51-49-22-8-14-28-58(49)63(60(51)37-41)54-24-10-4-18-45(54)46-19-5-11-25-55(46)63/h2-39H,1H3. The van der Waals surface area contributed by atoms with E-state index in [4.69, 9.17) is 0 Å². The predicted octanol–water partition coefficient (Wildman–Crippen LogP) is 15.3. The Labute approximate surface area is 384 Å². The van der Waals surface area contributed by atoms with Crippen LogP contribution in [0.25, 0.3) is 66.8 Å². The number of fused-ring (bicyclic) bond motifs is 20. The van der Waals surface area contributed by atoms with Gasteiger partial charge in [0.15, 0.2) is 6.29 Å². The van der Waals surface area contributed by atoms with Crippen LogP contribution >= 0.6 is 0 Å². The highest BCUT2D eigenvalue weighted by Gasteiger charge is 2.53. The average Bonchev–Trinajstić information content (AvgIpc) is 4.07. The van der Waals surface area contributed by atoms with E-state index in [9.17, 15) is 4.79 Å². The van der Waals surface area contributed by atoms with Gasteiger partial charge in [-0.1, -0.05) is 194 Å². The molecule has 2 spiro atoms. The maximum atomic E-state index is 12.9. The minimum absolute atomic E-state index is 0.437. The molecule has 0 radical (unpaired) electrons. The smallest absolute Gasteiger partial charge is 0.150 e. The zero-order valence-electron chi connectivity index (χ0n) is 36.3. The summed E-state index contributed by atoms with van der Waals surface area (Å²) in [6.07, 6.45) is 0.989. The van der Waals surface area contributed by atoms with Crippen molar-refractivity contribution < 1.29 is 4.79 Å². The van der Waals surface area contributed by atoms with Gasteiger partial charge in [-0.25, -0.2) is 0 Å². The summed E-state index contributed by atoms with van der Waals surface area (Å²) in [6.45, 7) is 0. The molecule has 0 fully saturated rings. The van der Waals surface area contributed by atoms with Crippen LogP contribution in [0.15, 0.2) is 224 Å². The lowest BCUT2D eigenvalue weighted by molar-refractivity contribution is 0.112. The van der Waals surface area contributed by atoms with Gasteiger partial charge in [0.1, 0.15) is 0 Å². The van der Waals surface area contributed by atoms with Gasteiger partial charge >= 0.3 is 0 Å². The van der Waals surface area contributed by atoms with E-state index in [0.29, 0.717) is 5.56 Å². The van der Waals surface area contributed by atoms with E-state index in [-0.39, 0.29) is 0 Å². The molecule has 66 heavy (non-hydrogen) atoms. The molecule has 0 aromatic heterocycles. The van der Waals surface area contributed by atoms with Gasteiger partial charge in [-0.05, 0) is 136 Å². The van der Waals surface area contributed by atoms with Gasteiger partial charge in [0.2, 0.25) is 0 Å². The summed E-state index contributed by atoms with van der Waals surface area (Å²) in [6, 6.07) is 82.7. The van der Waals surface area contributed by atoms with E-state index in [1.165, 1.54) is 89.0 Å². The SMILES string of the molecule is CN(c1ccc2c(c1)C1(c3ccccc3-c3ccccc31)c1ccccc1-2)c1ccc(-c2ccc3c(c2)C2(c4ccccc4-c4ccccc42)c2ccccc2-3)cc1-c1ccccc1C=O. The fourth-order valence-electron chi connectivity index (χ4n) is 12.8. The molecule has 0 heterocycles. The molecule has 0 amide bonds. The second-order valence-electron chi connectivity index (χ2n) is 18.3. The fourth-order valence-corrected chi connectivity index (χ4v) is 12.8. The van der Waals surface area contributed by atoms with Crippen LogP contribution < -0.4 is 4.90 Å². The Morgan fingerprint density at radius 3 is 1.12 bits per heavy atom. The summed E-state index contributed by atoms with van der Waals surface area (Å²) in [7, 11) is 2.17. The normalized spacial score (nSPS) is 14.1. The highest BCUT2D eigenvalue weighted by molar-refractivity contribution is 5.99. The van der Waals surface area contributed by atoms with Crippen molar-refractivity contribution in [2.75, 3.05) is 11.9 Å². The Morgan fingerprint density at radius 2 is 0.667 bits per heavy atom. The van der Waals surface area contributed by atoms with Gasteiger partial charge in [-0.2, -0.15) is 0 Å². The van der Waals surface area contributed by atoms with Gasteiger partial charge in [0.25, 0.3) is 0 Å². The molecule has 308 valence electrons. The van der Waals surface area contributed by atoms with Gasteiger partial charge in [-0.15, -0.1) is 0 Å². The molecule has 0 aliphatic heterocycles. The summed E-state index contributed by atoms with van der Waals surface area (Å²) >= 11 is 0. The predicted molar refractivity (Wildman–Crippen MR) is 270 cm³/mol. The first-order chi connectivity index (χ1) is 32.6. The second-order valence-corrected chi connectivity index (χ2v) is 18.3. The summed E-state index contributed by atoms with van der Waals surface area (Å²) in [5, 5.41) is 0. The number of carbonyl (C=O) groups excluding carboxylic acids is 1. The molecule has 4 aliphatic carbocycles. The van der Waals surface area contributed by atoms with Crippen LogP contribution in [0.5, 0.6) is 0 Å². The Balaban J connectivity index is 0.953.